The van der Waals surface area contributed by atoms with Crippen molar-refractivity contribution in [2.45, 2.75) is 136 Å². The number of rotatable bonds is 29. The number of esters is 2. The summed E-state index contributed by atoms with van der Waals surface area (Å²) < 4.78 is 70.7. The molecular formula is C45H89O15SSi8+. The highest BCUT2D eigenvalue weighted by atomic mass is 32.1. The largest absolute Gasteiger partial charge is 0.463 e. The molecule has 0 amide bonds. The third kappa shape index (κ3) is 36.0. The Morgan fingerprint density at radius 2 is 0.884 bits per heavy atom. The molecule has 0 saturated carbocycles. The van der Waals surface area contributed by atoms with E-state index in [2.05, 4.69) is 123 Å². The normalized spacial score (nSPS) is 14.3. The average molecular weight is 1130 g/mol. The van der Waals surface area contributed by atoms with Crippen LogP contribution in [0.25, 0.3) is 0 Å². The number of hydrogen-bond donors (Lipinski definition) is 1. The van der Waals surface area contributed by atoms with Gasteiger partial charge < -0.3 is 48.7 Å². The number of hydrogen-bond acceptors (Lipinski definition) is 15. The molecule has 0 fully saturated rings. The van der Waals surface area contributed by atoms with Crippen LogP contribution >= 0.6 is 13.3 Å². The Bertz CT molecular complexity index is 1820. The zero-order chi connectivity index (χ0) is 55.4. The molecule has 69 heavy (non-hydrogen) atoms. The van der Waals surface area contributed by atoms with Crippen molar-refractivity contribution in [2.75, 3.05) is 46.8 Å². The molecule has 0 heterocycles. The first-order valence-corrected chi connectivity index (χ1v) is 47.2. The van der Waals surface area contributed by atoms with E-state index in [4.69, 9.17) is 46.3 Å². The monoisotopic (exact) mass is 1130 g/mol. The van der Waals surface area contributed by atoms with Gasteiger partial charge in [0.2, 0.25) is 0 Å². The summed E-state index contributed by atoms with van der Waals surface area (Å²) >= 11 is 0.250. The van der Waals surface area contributed by atoms with Gasteiger partial charge in [0.1, 0.15) is 6.61 Å². The number of methoxy groups -OCH3 is 1. The van der Waals surface area contributed by atoms with Gasteiger partial charge in [-0.2, -0.15) is 13.3 Å². The molecule has 15 nitrogen and oxygen atoms in total. The lowest BCUT2D eigenvalue weighted by Crippen LogP contribution is -2.57. The minimum absolute atomic E-state index is 0.0397. The molecule has 0 aliphatic rings. The second-order valence-corrected chi connectivity index (χ2v) is 53.2. The molecule has 396 valence electrons. The third-order valence-electron chi connectivity index (χ3n) is 8.21. The summed E-state index contributed by atoms with van der Waals surface area (Å²) in [7, 11) is -15.3. The highest BCUT2D eigenvalue weighted by Gasteiger charge is 2.47. The summed E-state index contributed by atoms with van der Waals surface area (Å²) in [6, 6.07) is 18.3. The van der Waals surface area contributed by atoms with Crippen LogP contribution in [0, 0.1) is 6.55 Å². The standard InChI is InChI=1S/C22H42O7Si4.C14H37O5Si4.C9H8O3.H2S/c1-30(2,3)27-32(7,8)29-33(9,28-31(4,5)6)19-13-16-25-17-18-26-22(24)21(23)20-14-11-10-12-15-20;1-20(2,3)17-22(7,8)19-23(9,18-21(4,5)6)14-10-12-16-13-11-15;1-12-9(11)8(10)7-5-3-2-4-6-7;/h10-12,14-15H,13,16-19H2,1-9H3;15H,4,10-14H2,1-3,5-9H3;2-6H,1H3;1H2/q;+1;;/i/hD2. The first-order valence-electron chi connectivity index (χ1n) is 24.0. The Hall–Kier alpha value is -1.68. The van der Waals surface area contributed by atoms with Crippen molar-refractivity contribution in [3.05, 3.63) is 78.3 Å². The summed E-state index contributed by atoms with van der Waals surface area (Å²) in [5.41, 5.74) is 0.670. The maximum absolute atomic E-state index is 12.0. The molecular weight excluding hydrogens is 1040 g/mol. The van der Waals surface area contributed by atoms with Crippen molar-refractivity contribution in [3.8, 4) is 0 Å². The first-order chi connectivity index (χ1) is 32.4. The lowest BCUT2D eigenvalue weighted by Gasteiger charge is -2.41. The molecule has 0 saturated heterocycles. The first kappa shape index (κ1) is 65.3. The van der Waals surface area contributed by atoms with Gasteiger partial charge in [-0.3, -0.25) is 9.59 Å². The van der Waals surface area contributed by atoms with Gasteiger partial charge in [0, 0.05) is 30.9 Å². The van der Waals surface area contributed by atoms with Crippen LogP contribution in [0.4, 0.5) is 0 Å². The van der Waals surface area contributed by atoms with Gasteiger partial charge in [-0.15, -0.1) is 0 Å². The van der Waals surface area contributed by atoms with Crippen LogP contribution in [-0.2, 0) is 53.2 Å². The van der Waals surface area contributed by atoms with Crippen molar-refractivity contribution in [1.82, 2.24) is 0 Å². The lowest BCUT2D eigenvalue weighted by atomic mass is 10.1. The quantitative estimate of drug-likeness (QED) is 0.0203. The fourth-order valence-corrected chi connectivity index (χ4v) is 42.4. The Labute approximate surface area is 433 Å². The number of ether oxygens (including phenoxy) is 4. The number of aliphatic hydroxyl groups is 1. The molecule has 0 aliphatic heterocycles. The van der Waals surface area contributed by atoms with E-state index in [1.807, 2.05) is 0 Å². The Balaban J connectivity index is 0. The molecule has 0 bridgehead atoms. The van der Waals surface area contributed by atoms with E-state index in [9.17, 15) is 19.2 Å². The number of carbonyl (C=O) groups excluding carboxylic acids is 4. The molecule has 2 rings (SSSR count). The number of carbonyl (C=O) groups is 4. The predicted molar refractivity (Wildman–Crippen MR) is 300 cm³/mol. The minimum atomic E-state index is -2.45. The van der Waals surface area contributed by atoms with Gasteiger partial charge in [0.15, 0.2) is 25.0 Å². The molecule has 0 radical (unpaired) electrons. The van der Waals surface area contributed by atoms with Crippen molar-refractivity contribution >= 4 is 104 Å². The highest BCUT2D eigenvalue weighted by molar-refractivity contribution is 7.59. The van der Waals surface area contributed by atoms with Gasteiger partial charge in [-0.1, -0.05) is 60.7 Å². The zero-order valence-corrected chi connectivity index (χ0v) is 53.9. The van der Waals surface area contributed by atoms with E-state index in [-0.39, 0.29) is 33.1 Å². The topological polar surface area (TPSA) is 181 Å². The minimum Gasteiger partial charge on any atom is -0.463 e. The van der Waals surface area contributed by atoms with E-state index in [1.54, 1.807) is 60.7 Å². The fourth-order valence-electron chi connectivity index (χ4n) is 7.06. The smallest absolute Gasteiger partial charge is 0.395 e. The van der Waals surface area contributed by atoms with Crippen molar-refractivity contribution in [2.24, 2.45) is 0 Å². The van der Waals surface area contributed by atoms with Crippen molar-refractivity contribution in [1.29, 1.82) is 2.25 Å². The van der Waals surface area contributed by atoms with Crippen LogP contribution in [0.3, 0.4) is 0 Å². The van der Waals surface area contributed by atoms with Gasteiger partial charge in [0.05, 0.1) is 29.2 Å². The van der Waals surface area contributed by atoms with Crippen LogP contribution in [0.1, 0.15) is 33.6 Å². The molecule has 0 aromatic heterocycles. The lowest BCUT2D eigenvalue weighted by molar-refractivity contribution is -0.139. The van der Waals surface area contributed by atoms with E-state index in [0.717, 1.165) is 24.9 Å². The van der Waals surface area contributed by atoms with Gasteiger partial charge in [0.25, 0.3) is 11.6 Å². The fraction of sp³-hybridized carbons (Fsp3) is 0.622. The van der Waals surface area contributed by atoms with Crippen LogP contribution in [-0.4, -0.2) is 145 Å². The molecule has 24 heteroatoms. The maximum atomic E-state index is 12.0. The molecule has 2 unspecified atom stereocenters. The highest BCUT2D eigenvalue weighted by Crippen LogP contribution is 2.29. The number of ketones is 2. The van der Waals surface area contributed by atoms with Crippen LogP contribution in [0.2, 0.25) is 123 Å². The van der Waals surface area contributed by atoms with E-state index in [0.29, 0.717) is 30.9 Å². The summed E-state index contributed by atoms with van der Waals surface area (Å²) in [5.74, 6) is -2.96. The van der Waals surface area contributed by atoms with Gasteiger partial charge >= 0.3 is 54.5 Å². The Morgan fingerprint density at radius 3 is 1.23 bits per heavy atom. The molecule has 1 N–H and O–H groups in total. The molecule has 2 aromatic rings. The Morgan fingerprint density at radius 1 is 0.522 bits per heavy atom. The van der Waals surface area contributed by atoms with Crippen LogP contribution in [0.5, 0.6) is 0 Å². The van der Waals surface area contributed by atoms with Gasteiger partial charge in [-0.05, 0) is 136 Å². The van der Waals surface area contributed by atoms with E-state index < -0.39 is 91.0 Å². The SMILES string of the molecule is COC(=O)C(=O)c1ccccc1.C[Si](C)(C)O[Si](C)(C)O[Si](C)(CCCOCCOC(=O)C(=O)c1ccccc1)O[Si](C)(C)C.[2H]S[2H].[CH2+][Si](C)(C)O[Si](C)(CCCOCCO)O[Si](C)(C)O[Si](C)(C)C. The summed E-state index contributed by atoms with van der Waals surface area (Å²) in [4.78, 5) is 45.7. The summed E-state index contributed by atoms with van der Waals surface area (Å²) in [6.07, 6.45) is 1.64. The number of aliphatic hydroxyl groups excluding tert-OH is 1. The van der Waals surface area contributed by atoms with Crippen LogP contribution in [0.15, 0.2) is 60.7 Å². The van der Waals surface area contributed by atoms with Crippen molar-refractivity contribution in [3.63, 3.8) is 0 Å². The second-order valence-electron chi connectivity index (χ2n) is 20.9. The Kier molecular flexibility index (Phi) is 30.1. The maximum Gasteiger partial charge on any atom is 0.395 e. The molecule has 0 aliphatic carbocycles. The summed E-state index contributed by atoms with van der Waals surface area (Å²) in [5, 5.41) is 8.76. The molecule has 2 atom stereocenters. The summed E-state index contributed by atoms with van der Waals surface area (Å²) in [6.45, 7) is 42.6. The molecule has 0 spiro atoms. The van der Waals surface area contributed by atoms with E-state index >= 15 is 0 Å². The average Bonchev–Trinajstić information content (AvgIpc) is 3.20. The second kappa shape index (κ2) is 31.8. The van der Waals surface area contributed by atoms with Crippen molar-refractivity contribution < 1.29 is 67.9 Å². The third-order valence-corrected chi connectivity index (χ3v) is 35.1. The number of benzene rings is 2. The number of Topliss-reactive ketones (excluding diaryl/α,β-unsaturated/α-hetero) is 2. The zero-order valence-electron chi connectivity index (χ0n) is 47.1. The van der Waals surface area contributed by atoms with E-state index in [1.165, 1.54) is 7.11 Å². The van der Waals surface area contributed by atoms with Crippen LogP contribution < -0.4 is 0 Å². The van der Waals surface area contributed by atoms with Gasteiger partial charge in [-0.25, -0.2) is 9.59 Å². The molecule has 2 aromatic carbocycles. The predicted octanol–water partition coefficient (Wildman–Crippen LogP) is 10.1.